The average molecular weight is 215 g/mol. The predicted octanol–water partition coefficient (Wildman–Crippen LogP) is 0.683. The maximum Gasteiger partial charge on any atom is 0.0555 e. The molecule has 1 saturated heterocycles. The molecular formula is C11H25N3O. The molecule has 0 aromatic heterocycles. The minimum absolute atomic E-state index is 0.137. The Kier molecular flexibility index (Phi) is 6.17. The fourth-order valence-electron chi connectivity index (χ4n) is 1.96. The molecular weight excluding hydrogens is 190 g/mol. The molecule has 2 atom stereocenters. The number of aliphatic hydroxyl groups excluding tert-OH is 1. The number of hydrogen-bond acceptors (Lipinski definition) is 4. The smallest absolute Gasteiger partial charge is 0.0555 e. The average Bonchev–Trinajstić information content (AvgIpc) is 2.27. The van der Waals surface area contributed by atoms with Crippen LogP contribution in [0.5, 0.6) is 0 Å². The van der Waals surface area contributed by atoms with Gasteiger partial charge in [-0.15, -0.1) is 0 Å². The van der Waals surface area contributed by atoms with Crippen molar-refractivity contribution in [2.75, 3.05) is 20.0 Å². The highest BCUT2D eigenvalue weighted by atomic mass is 16.3. The lowest BCUT2D eigenvalue weighted by Crippen LogP contribution is -2.54. The van der Waals surface area contributed by atoms with Gasteiger partial charge in [0.05, 0.1) is 19.4 Å². The van der Waals surface area contributed by atoms with Gasteiger partial charge < -0.3 is 5.11 Å². The predicted molar refractivity (Wildman–Crippen MR) is 62.3 cm³/mol. The first-order valence-corrected chi connectivity index (χ1v) is 6.07. The van der Waals surface area contributed by atoms with Crippen LogP contribution in [-0.4, -0.2) is 42.2 Å². The molecule has 0 aliphatic carbocycles. The maximum absolute atomic E-state index is 9.81. The Labute approximate surface area is 93.0 Å². The molecule has 1 heterocycles. The number of rotatable bonds is 6. The number of aliphatic hydroxyl groups is 1. The van der Waals surface area contributed by atoms with E-state index < -0.39 is 0 Å². The van der Waals surface area contributed by atoms with Gasteiger partial charge in [0.15, 0.2) is 0 Å². The summed E-state index contributed by atoms with van der Waals surface area (Å²) >= 11 is 0. The highest BCUT2D eigenvalue weighted by Gasteiger charge is 2.18. The molecule has 4 heteroatoms. The molecule has 0 amide bonds. The van der Waals surface area contributed by atoms with Gasteiger partial charge in [-0.2, -0.15) is 0 Å². The quantitative estimate of drug-likeness (QED) is 0.610. The highest BCUT2D eigenvalue weighted by molar-refractivity contribution is 4.72. The lowest BCUT2D eigenvalue weighted by atomic mass is 10.0. The Balaban J connectivity index is 2.17. The summed E-state index contributed by atoms with van der Waals surface area (Å²) in [5.41, 5.74) is 0. The minimum Gasteiger partial charge on any atom is -0.393 e. The second-order valence-corrected chi connectivity index (χ2v) is 4.46. The summed E-state index contributed by atoms with van der Waals surface area (Å²) < 4.78 is 0. The number of unbranched alkanes of at least 4 members (excludes halogenated alkanes) is 1. The first-order valence-electron chi connectivity index (χ1n) is 6.07. The summed E-state index contributed by atoms with van der Waals surface area (Å²) in [4.78, 5) is 2.32. The minimum atomic E-state index is -0.137. The van der Waals surface area contributed by atoms with Crippen molar-refractivity contribution >= 4 is 0 Å². The Morgan fingerprint density at radius 2 is 2.00 bits per heavy atom. The zero-order valence-corrected chi connectivity index (χ0v) is 10.00. The van der Waals surface area contributed by atoms with Crippen molar-refractivity contribution in [3.63, 3.8) is 0 Å². The van der Waals surface area contributed by atoms with Crippen molar-refractivity contribution in [3.05, 3.63) is 0 Å². The lowest BCUT2D eigenvalue weighted by molar-refractivity contribution is 0.0790. The fraction of sp³-hybridized carbons (Fsp3) is 1.00. The van der Waals surface area contributed by atoms with Gasteiger partial charge in [-0.3, -0.25) is 15.5 Å². The van der Waals surface area contributed by atoms with E-state index in [1.54, 1.807) is 0 Å². The molecule has 1 aliphatic heterocycles. The van der Waals surface area contributed by atoms with E-state index >= 15 is 0 Å². The van der Waals surface area contributed by atoms with Crippen LogP contribution >= 0.6 is 0 Å². The number of nitrogens with zero attached hydrogens (tertiary/aromatic N) is 1. The molecule has 0 bridgehead atoms. The van der Waals surface area contributed by atoms with Gasteiger partial charge in [0.2, 0.25) is 0 Å². The Bertz CT molecular complexity index is 160. The van der Waals surface area contributed by atoms with Crippen molar-refractivity contribution in [1.82, 2.24) is 15.5 Å². The number of nitrogens with one attached hydrogen (secondary N) is 2. The van der Waals surface area contributed by atoms with Crippen LogP contribution in [0.2, 0.25) is 0 Å². The van der Waals surface area contributed by atoms with E-state index in [1.807, 2.05) is 0 Å². The van der Waals surface area contributed by atoms with Crippen molar-refractivity contribution < 1.29 is 5.11 Å². The Morgan fingerprint density at radius 1 is 1.33 bits per heavy atom. The van der Waals surface area contributed by atoms with E-state index in [2.05, 4.69) is 29.4 Å². The first-order chi connectivity index (χ1) is 7.24. The summed E-state index contributed by atoms with van der Waals surface area (Å²) in [6.07, 6.45) is 3.98. The molecule has 0 spiro atoms. The van der Waals surface area contributed by atoms with E-state index in [4.69, 9.17) is 0 Å². The first kappa shape index (κ1) is 12.9. The SMILES string of the molecule is CCCCC(O)CC(C)N1CNCNC1. The molecule has 15 heavy (non-hydrogen) atoms. The van der Waals surface area contributed by atoms with Gasteiger partial charge in [-0.1, -0.05) is 19.8 Å². The summed E-state index contributed by atoms with van der Waals surface area (Å²) in [5, 5.41) is 16.3. The van der Waals surface area contributed by atoms with Gasteiger partial charge in [0, 0.05) is 12.7 Å². The largest absolute Gasteiger partial charge is 0.393 e. The van der Waals surface area contributed by atoms with Crippen LogP contribution in [0.25, 0.3) is 0 Å². The van der Waals surface area contributed by atoms with Crippen LogP contribution < -0.4 is 10.6 Å². The molecule has 4 nitrogen and oxygen atoms in total. The zero-order valence-electron chi connectivity index (χ0n) is 10.00. The van der Waals surface area contributed by atoms with Crippen LogP contribution in [0.3, 0.4) is 0 Å². The Morgan fingerprint density at radius 3 is 2.60 bits per heavy atom. The van der Waals surface area contributed by atoms with Crippen molar-refractivity contribution in [3.8, 4) is 0 Å². The third-order valence-corrected chi connectivity index (χ3v) is 3.01. The van der Waals surface area contributed by atoms with Crippen LogP contribution in [0.4, 0.5) is 0 Å². The van der Waals surface area contributed by atoms with Crippen LogP contribution in [-0.2, 0) is 0 Å². The van der Waals surface area contributed by atoms with Gasteiger partial charge in [-0.05, 0) is 19.8 Å². The standard InChI is InChI=1S/C11H25N3O/c1-3-4-5-11(15)6-10(2)14-8-12-7-13-9-14/h10-13,15H,3-9H2,1-2H3. The Hall–Kier alpha value is -0.160. The molecule has 2 unspecified atom stereocenters. The summed E-state index contributed by atoms with van der Waals surface area (Å²) in [7, 11) is 0. The molecule has 0 saturated carbocycles. The third kappa shape index (κ3) is 4.93. The van der Waals surface area contributed by atoms with Crippen LogP contribution in [0.15, 0.2) is 0 Å². The maximum atomic E-state index is 9.81. The van der Waals surface area contributed by atoms with Gasteiger partial charge >= 0.3 is 0 Å². The lowest BCUT2D eigenvalue weighted by Gasteiger charge is -2.34. The van der Waals surface area contributed by atoms with Crippen molar-refractivity contribution in [2.45, 2.75) is 51.7 Å². The van der Waals surface area contributed by atoms with Crippen LogP contribution in [0, 0.1) is 0 Å². The highest BCUT2D eigenvalue weighted by Crippen LogP contribution is 2.11. The van der Waals surface area contributed by atoms with Gasteiger partial charge in [-0.25, -0.2) is 0 Å². The summed E-state index contributed by atoms with van der Waals surface area (Å²) in [5.74, 6) is 0. The second kappa shape index (κ2) is 7.17. The molecule has 1 aliphatic rings. The molecule has 3 N–H and O–H groups in total. The number of hydrogen-bond donors (Lipinski definition) is 3. The summed E-state index contributed by atoms with van der Waals surface area (Å²) in [6.45, 7) is 7.09. The third-order valence-electron chi connectivity index (χ3n) is 3.01. The van der Waals surface area contributed by atoms with Gasteiger partial charge in [0.1, 0.15) is 0 Å². The normalized spacial score (nSPS) is 22.6. The monoisotopic (exact) mass is 215 g/mol. The van der Waals surface area contributed by atoms with Gasteiger partial charge in [0.25, 0.3) is 0 Å². The topological polar surface area (TPSA) is 47.5 Å². The molecule has 1 fully saturated rings. The molecule has 0 aromatic carbocycles. The van der Waals surface area contributed by atoms with E-state index in [0.29, 0.717) is 6.04 Å². The molecule has 1 rings (SSSR count). The van der Waals surface area contributed by atoms with E-state index in [9.17, 15) is 5.11 Å². The fourth-order valence-corrected chi connectivity index (χ4v) is 1.96. The molecule has 0 radical (unpaired) electrons. The zero-order chi connectivity index (χ0) is 11.1. The molecule has 90 valence electrons. The van der Waals surface area contributed by atoms with Crippen LogP contribution in [0.1, 0.15) is 39.5 Å². The second-order valence-electron chi connectivity index (χ2n) is 4.46. The van der Waals surface area contributed by atoms with Crippen molar-refractivity contribution in [1.29, 1.82) is 0 Å². The van der Waals surface area contributed by atoms with E-state index in [1.165, 1.54) is 0 Å². The van der Waals surface area contributed by atoms with Crippen molar-refractivity contribution in [2.24, 2.45) is 0 Å². The van der Waals surface area contributed by atoms with E-state index in [-0.39, 0.29) is 6.10 Å². The summed E-state index contributed by atoms with van der Waals surface area (Å²) in [6, 6.07) is 0.442. The van der Waals surface area contributed by atoms with E-state index in [0.717, 1.165) is 45.7 Å². The molecule has 0 aromatic rings.